The van der Waals surface area contributed by atoms with E-state index >= 15 is 0 Å². The predicted octanol–water partition coefficient (Wildman–Crippen LogP) is 4.22. The molecule has 0 bridgehead atoms. The topological polar surface area (TPSA) is 12.0 Å². The molecule has 18 heavy (non-hydrogen) atoms. The van der Waals surface area contributed by atoms with Crippen LogP contribution in [0.2, 0.25) is 0 Å². The molecule has 0 amide bonds. The van der Waals surface area contributed by atoms with E-state index in [2.05, 4.69) is 51.2 Å². The summed E-state index contributed by atoms with van der Waals surface area (Å²) in [6.07, 6.45) is 4.10. The van der Waals surface area contributed by atoms with Crippen LogP contribution in [0.15, 0.2) is 18.2 Å². The van der Waals surface area contributed by atoms with Crippen LogP contribution >= 0.6 is 0 Å². The van der Waals surface area contributed by atoms with E-state index in [-0.39, 0.29) is 0 Å². The monoisotopic (exact) mass is 245 g/mol. The molecule has 1 nitrogen and oxygen atoms in total. The molecule has 0 saturated heterocycles. The Morgan fingerprint density at radius 1 is 1.11 bits per heavy atom. The van der Waals surface area contributed by atoms with E-state index in [9.17, 15) is 0 Å². The van der Waals surface area contributed by atoms with Crippen molar-refractivity contribution in [2.24, 2.45) is 11.8 Å². The molecule has 2 rings (SSSR count). The van der Waals surface area contributed by atoms with Gasteiger partial charge < -0.3 is 5.32 Å². The largest absolute Gasteiger partial charge is 0.310 e. The average Bonchev–Trinajstić information content (AvgIpc) is 2.32. The lowest BCUT2D eigenvalue weighted by molar-refractivity contribution is 0.227. The minimum absolute atomic E-state index is 0.711. The van der Waals surface area contributed by atoms with Gasteiger partial charge in [-0.25, -0.2) is 0 Å². The predicted molar refractivity (Wildman–Crippen MR) is 78.7 cm³/mol. The Morgan fingerprint density at radius 3 is 2.56 bits per heavy atom. The summed E-state index contributed by atoms with van der Waals surface area (Å²) >= 11 is 0. The van der Waals surface area contributed by atoms with Gasteiger partial charge in [-0.15, -0.1) is 0 Å². The van der Waals surface area contributed by atoms with Gasteiger partial charge in [-0.3, -0.25) is 0 Å². The van der Waals surface area contributed by atoms with Gasteiger partial charge in [-0.2, -0.15) is 0 Å². The number of aryl methyl sites for hydroxylation is 2. The van der Waals surface area contributed by atoms with Crippen LogP contribution in [0.5, 0.6) is 0 Å². The maximum atomic E-state index is 3.75. The first-order valence-electron chi connectivity index (χ1n) is 7.35. The number of rotatable bonds is 3. The van der Waals surface area contributed by atoms with Crippen molar-refractivity contribution in [3.05, 3.63) is 34.9 Å². The van der Waals surface area contributed by atoms with Crippen molar-refractivity contribution in [3.8, 4) is 0 Å². The van der Waals surface area contributed by atoms with Crippen LogP contribution in [-0.4, -0.2) is 6.04 Å². The molecule has 0 radical (unpaired) electrons. The molecule has 0 aromatic heterocycles. The van der Waals surface area contributed by atoms with Crippen molar-refractivity contribution in [2.45, 2.75) is 59.5 Å². The lowest BCUT2D eigenvalue weighted by Crippen LogP contribution is -2.38. The van der Waals surface area contributed by atoms with Crippen LogP contribution in [-0.2, 0) is 6.54 Å². The third-order valence-electron chi connectivity index (χ3n) is 4.57. The molecule has 3 atom stereocenters. The summed E-state index contributed by atoms with van der Waals surface area (Å²) in [4.78, 5) is 0. The van der Waals surface area contributed by atoms with Crippen LogP contribution in [0.4, 0.5) is 0 Å². The fourth-order valence-electron chi connectivity index (χ4n) is 3.13. The van der Waals surface area contributed by atoms with Gasteiger partial charge >= 0.3 is 0 Å². The minimum Gasteiger partial charge on any atom is -0.310 e. The molecule has 0 heterocycles. The highest BCUT2D eigenvalue weighted by atomic mass is 14.9. The van der Waals surface area contributed by atoms with Gasteiger partial charge in [0, 0.05) is 12.6 Å². The van der Waals surface area contributed by atoms with E-state index in [1.165, 1.54) is 36.0 Å². The summed E-state index contributed by atoms with van der Waals surface area (Å²) in [6, 6.07) is 7.52. The number of hydrogen-bond donors (Lipinski definition) is 1. The molecule has 1 saturated carbocycles. The summed E-state index contributed by atoms with van der Waals surface area (Å²) in [6.45, 7) is 10.2. The second kappa shape index (κ2) is 5.88. The smallest absolute Gasteiger partial charge is 0.0208 e. The zero-order valence-electron chi connectivity index (χ0n) is 12.3. The fourth-order valence-corrected chi connectivity index (χ4v) is 3.13. The first-order valence-corrected chi connectivity index (χ1v) is 7.35. The fraction of sp³-hybridized carbons (Fsp3) is 0.647. The van der Waals surface area contributed by atoms with Crippen molar-refractivity contribution < 1.29 is 0 Å². The molecule has 1 fully saturated rings. The highest BCUT2D eigenvalue weighted by Gasteiger charge is 2.24. The summed E-state index contributed by atoms with van der Waals surface area (Å²) < 4.78 is 0. The van der Waals surface area contributed by atoms with Gasteiger partial charge in [0.1, 0.15) is 0 Å². The molecule has 1 heteroatoms. The van der Waals surface area contributed by atoms with Crippen LogP contribution in [0.1, 0.15) is 49.8 Å². The Balaban J connectivity index is 1.89. The lowest BCUT2D eigenvalue weighted by atomic mass is 9.80. The average molecular weight is 245 g/mol. The molecule has 1 aliphatic carbocycles. The molecular weight excluding hydrogens is 218 g/mol. The molecule has 0 spiro atoms. The summed E-state index contributed by atoms with van der Waals surface area (Å²) in [7, 11) is 0. The molecule has 1 aromatic carbocycles. The zero-order chi connectivity index (χ0) is 13.1. The Hall–Kier alpha value is -0.820. The second-order valence-corrected chi connectivity index (χ2v) is 6.30. The Morgan fingerprint density at radius 2 is 1.89 bits per heavy atom. The SMILES string of the molecule is Cc1ccc(CNC2CCC(C)CC2C)cc1C. The van der Waals surface area contributed by atoms with Crippen LogP contribution in [0.25, 0.3) is 0 Å². The molecule has 1 aliphatic rings. The van der Waals surface area contributed by atoms with Gasteiger partial charge in [0.05, 0.1) is 0 Å². The molecular formula is C17H27N. The highest BCUT2D eigenvalue weighted by Crippen LogP contribution is 2.28. The van der Waals surface area contributed by atoms with Gasteiger partial charge in [-0.1, -0.05) is 32.0 Å². The van der Waals surface area contributed by atoms with Gasteiger partial charge in [0.2, 0.25) is 0 Å². The second-order valence-electron chi connectivity index (χ2n) is 6.30. The molecule has 0 aliphatic heterocycles. The summed E-state index contributed by atoms with van der Waals surface area (Å²) in [5.74, 6) is 1.74. The maximum Gasteiger partial charge on any atom is 0.0208 e. The van der Waals surface area contributed by atoms with Crippen LogP contribution in [0.3, 0.4) is 0 Å². The van der Waals surface area contributed by atoms with E-state index in [1.54, 1.807) is 0 Å². The normalized spacial score (nSPS) is 28.3. The van der Waals surface area contributed by atoms with Gasteiger partial charge in [0.25, 0.3) is 0 Å². The van der Waals surface area contributed by atoms with E-state index < -0.39 is 0 Å². The van der Waals surface area contributed by atoms with E-state index in [1.807, 2.05) is 0 Å². The third-order valence-corrected chi connectivity index (χ3v) is 4.57. The van der Waals surface area contributed by atoms with Gasteiger partial charge in [0.15, 0.2) is 0 Å². The lowest BCUT2D eigenvalue weighted by Gasteiger charge is -2.33. The van der Waals surface area contributed by atoms with E-state index in [0.29, 0.717) is 6.04 Å². The summed E-state index contributed by atoms with van der Waals surface area (Å²) in [5, 5.41) is 3.75. The molecule has 3 unspecified atom stereocenters. The summed E-state index contributed by atoms with van der Waals surface area (Å²) in [5.41, 5.74) is 4.21. The van der Waals surface area contributed by atoms with Crippen molar-refractivity contribution in [2.75, 3.05) is 0 Å². The zero-order valence-corrected chi connectivity index (χ0v) is 12.3. The van der Waals surface area contributed by atoms with Crippen molar-refractivity contribution in [3.63, 3.8) is 0 Å². The number of benzene rings is 1. The Bertz CT molecular complexity index is 397. The molecule has 1 aromatic rings. The third kappa shape index (κ3) is 3.35. The van der Waals surface area contributed by atoms with Crippen LogP contribution < -0.4 is 5.32 Å². The van der Waals surface area contributed by atoms with Crippen molar-refractivity contribution >= 4 is 0 Å². The Kier molecular flexibility index (Phi) is 4.45. The minimum atomic E-state index is 0.711. The number of nitrogens with one attached hydrogen (secondary N) is 1. The molecule has 100 valence electrons. The Labute approximate surface area is 112 Å². The maximum absolute atomic E-state index is 3.75. The quantitative estimate of drug-likeness (QED) is 0.841. The van der Waals surface area contributed by atoms with Gasteiger partial charge in [-0.05, 0) is 61.6 Å². The van der Waals surface area contributed by atoms with Crippen molar-refractivity contribution in [1.29, 1.82) is 0 Å². The van der Waals surface area contributed by atoms with E-state index in [4.69, 9.17) is 0 Å². The molecule has 1 N–H and O–H groups in total. The van der Waals surface area contributed by atoms with Crippen LogP contribution in [0, 0.1) is 25.7 Å². The first-order chi connectivity index (χ1) is 8.56. The first kappa shape index (κ1) is 13.6. The highest BCUT2D eigenvalue weighted by molar-refractivity contribution is 5.29. The van der Waals surface area contributed by atoms with E-state index in [0.717, 1.165) is 18.4 Å². The van der Waals surface area contributed by atoms with Crippen molar-refractivity contribution in [1.82, 2.24) is 5.32 Å². The standard InChI is InChI=1S/C17H27N/c1-12-5-8-17(15(4)9-12)18-11-16-7-6-13(2)14(3)10-16/h6-7,10,12,15,17-18H,5,8-9,11H2,1-4H3. The number of hydrogen-bond acceptors (Lipinski definition) is 1.